The summed E-state index contributed by atoms with van der Waals surface area (Å²) in [6.45, 7) is 10.2. The number of amides is 1. The molecule has 0 aliphatic rings. The van der Waals surface area contributed by atoms with Crippen LogP contribution in [0.1, 0.15) is 43.5 Å². The van der Waals surface area contributed by atoms with Gasteiger partial charge in [-0.1, -0.05) is 43.8 Å². The lowest BCUT2D eigenvalue weighted by Gasteiger charge is -2.18. The maximum absolute atomic E-state index is 12.5. The first-order chi connectivity index (χ1) is 10.4. The lowest BCUT2D eigenvalue weighted by Crippen LogP contribution is -2.23. The van der Waals surface area contributed by atoms with Gasteiger partial charge in [0.05, 0.1) is 5.25 Å². The third kappa shape index (κ3) is 4.11. The first-order valence-electron chi connectivity index (χ1n) is 7.37. The summed E-state index contributed by atoms with van der Waals surface area (Å²) < 4.78 is 0.939. The Hall–Kier alpha value is -1.33. The number of carbonyl (C=O) groups excluding carboxylic acids is 1. The molecule has 1 amide bonds. The second kappa shape index (κ2) is 7.29. The number of aryl methyl sites for hydroxylation is 2. The summed E-state index contributed by atoms with van der Waals surface area (Å²) >= 11 is 3.09. The van der Waals surface area contributed by atoms with Crippen LogP contribution in [0, 0.1) is 13.8 Å². The van der Waals surface area contributed by atoms with Gasteiger partial charge in [0.15, 0.2) is 4.34 Å². The highest BCUT2D eigenvalue weighted by Crippen LogP contribution is 2.30. The van der Waals surface area contributed by atoms with E-state index in [0.29, 0.717) is 5.92 Å². The van der Waals surface area contributed by atoms with Gasteiger partial charge in [0.1, 0.15) is 0 Å². The Labute approximate surface area is 140 Å². The summed E-state index contributed by atoms with van der Waals surface area (Å²) in [5.74, 6) is 0.397. The summed E-state index contributed by atoms with van der Waals surface area (Å²) in [5, 5.41) is 4.93. The molecule has 2 aromatic rings. The number of benzene rings is 1. The minimum absolute atomic E-state index is 0.0223. The van der Waals surface area contributed by atoms with Gasteiger partial charge in [-0.3, -0.25) is 4.79 Å². The number of para-hydroxylation sites is 1. The van der Waals surface area contributed by atoms with Gasteiger partial charge < -0.3 is 5.32 Å². The molecule has 0 fully saturated rings. The molecule has 1 N–H and O–H groups in total. The SMILES string of the molecule is Cc1csc(SC(C)C(=O)Nc2c(C)cccc2C(C)C)n1. The van der Waals surface area contributed by atoms with Crippen LogP contribution < -0.4 is 5.32 Å². The van der Waals surface area contributed by atoms with Crippen LogP contribution in [0.3, 0.4) is 0 Å². The fourth-order valence-corrected chi connectivity index (χ4v) is 4.14. The molecular weight excluding hydrogens is 312 g/mol. The van der Waals surface area contributed by atoms with Crippen molar-refractivity contribution in [2.24, 2.45) is 0 Å². The van der Waals surface area contributed by atoms with Gasteiger partial charge in [-0.2, -0.15) is 0 Å². The fourth-order valence-electron chi connectivity index (χ4n) is 2.16. The number of hydrogen-bond donors (Lipinski definition) is 1. The standard InChI is InChI=1S/C17H22N2OS2/c1-10(2)14-8-6-7-11(3)15(14)19-16(20)13(5)22-17-18-12(4)9-21-17/h6-10,13H,1-5H3,(H,19,20). The molecule has 22 heavy (non-hydrogen) atoms. The zero-order chi connectivity index (χ0) is 16.3. The van der Waals surface area contributed by atoms with Crippen molar-refractivity contribution in [3.05, 3.63) is 40.4 Å². The molecule has 0 saturated heterocycles. The molecule has 0 radical (unpaired) electrons. The zero-order valence-electron chi connectivity index (χ0n) is 13.6. The maximum atomic E-state index is 12.5. The number of hydrogen-bond acceptors (Lipinski definition) is 4. The molecule has 0 saturated carbocycles. The van der Waals surface area contributed by atoms with Crippen molar-refractivity contribution in [3.63, 3.8) is 0 Å². The molecule has 3 nitrogen and oxygen atoms in total. The molecule has 118 valence electrons. The van der Waals surface area contributed by atoms with Gasteiger partial charge >= 0.3 is 0 Å². The normalized spacial score (nSPS) is 12.5. The molecule has 0 bridgehead atoms. The quantitative estimate of drug-likeness (QED) is 0.782. The lowest BCUT2D eigenvalue weighted by molar-refractivity contribution is -0.115. The van der Waals surface area contributed by atoms with Crippen molar-refractivity contribution in [1.82, 2.24) is 4.98 Å². The molecule has 5 heteroatoms. The first-order valence-corrected chi connectivity index (χ1v) is 9.13. The Bertz CT molecular complexity index is 664. The van der Waals surface area contributed by atoms with E-state index in [-0.39, 0.29) is 11.2 Å². The predicted octanol–water partition coefficient (Wildman–Crippen LogP) is 5.00. The number of thioether (sulfide) groups is 1. The highest BCUT2D eigenvalue weighted by atomic mass is 32.2. The Morgan fingerprint density at radius 1 is 1.27 bits per heavy atom. The summed E-state index contributed by atoms with van der Waals surface area (Å²) in [6, 6.07) is 6.15. The molecule has 0 spiro atoms. The Kier molecular flexibility index (Phi) is 5.64. The predicted molar refractivity (Wildman–Crippen MR) is 96.1 cm³/mol. The minimum atomic E-state index is -0.176. The second-order valence-electron chi connectivity index (χ2n) is 5.70. The summed E-state index contributed by atoms with van der Waals surface area (Å²) in [6.07, 6.45) is 0. The van der Waals surface area contributed by atoms with Crippen molar-refractivity contribution < 1.29 is 4.79 Å². The van der Waals surface area contributed by atoms with E-state index in [9.17, 15) is 4.79 Å². The summed E-state index contributed by atoms with van der Waals surface area (Å²) in [7, 11) is 0. The van der Waals surface area contributed by atoms with Gasteiger partial charge in [-0.25, -0.2) is 4.98 Å². The Morgan fingerprint density at radius 2 is 2.00 bits per heavy atom. The van der Waals surface area contributed by atoms with E-state index < -0.39 is 0 Å². The van der Waals surface area contributed by atoms with E-state index in [2.05, 4.69) is 30.2 Å². The van der Waals surface area contributed by atoms with Crippen LogP contribution in [0.25, 0.3) is 0 Å². The first kappa shape index (κ1) is 17.0. The van der Waals surface area contributed by atoms with Crippen LogP contribution in [-0.4, -0.2) is 16.1 Å². The summed E-state index contributed by atoms with van der Waals surface area (Å²) in [5.41, 5.74) is 4.23. The van der Waals surface area contributed by atoms with Gasteiger partial charge in [0.2, 0.25) is 5.91 Å². The average Bonchev–Trinajstić information content (AvgIpc) is 2.85. The molecule has 0 aliphatic carbocycles. The van der Waals surface area contributed by atoms with Crippen molar-refractivity contribution in [1.29, 1.82) is 0 Å². The van der Waals surface area contributed by atoms with Crippen molar-refractivity contribution in [2.45, 2.75) is 50.1 Å². The minimum Gasteiger partial charge on any atom is -0.325 e. The van der Waals surface area contributed by atoms with Crippen LogP contribution in [0.5, 0.6) is 0 Å². The van der Waals surface area contributed by atoms with Crippen LogP contribution in [0.4, 0.5) is 5.69 Å². The van der Waals surface area contributed by atoms with Gasteiger partial charge in [0.25, 0.3) is 0 Å². The summed E-state index contributed by atoms with van der Waals surface area (Å²) in [4.78, 5) is 16.9. The second-order valence-corrected chi connectivity index (χ2v) is 8.14. The average molecular weight is 335 g/mol. The van der Waals surface area contributed by atoms with Crippen LogP contribution in [-0.2, 0) is 4.79 Å². The van der Waals surface area contributed by atoms with Crippen LogP contribution >= 0.6 is 23.1 Å². The van der Waals surface area contributed by atoms with Crippen molar-refractivity contribution in [2.75, 3.05) is 5.32 Å². The fraction of sp³-hybridized carbons (Fsp3) is 0.412. The van der Waals surface area contributed by atoms with E-state index in [1.165, 1.54) is 17.3 Å². The van der Waals surface area contributed by atoms with Crippen molar-refractivity contribution >= 4 is 34.7 Å². The Balaban J connectivity index is 2.11. The number of aromatic nitrogens is 1. The van der Waals surface area contributed by atoms with E-state index >= 15 is 0 Å². The lowest BCUT2D eigenvalue weighted by atomic mass is 9.98. The smallest absolute Gasteiger partial charge is 0.237 e. The highest BCUT2D eigenvalue weighted by molar-refractivity contribution is 8.02. The topological polar surface area (TPSA) is 42.0 Å². The van der Waals surface area contributed by atoms with Crippen LogP contribution in [0.15, 0.2) is 27.9 Å². The van der Waals surface area contributed by atoms with Gasteiger partial charge in [-0.05, 0) is 37.8 Å². The maximum Gasteiger partial charge on any atom is 0.237 e. The molecule has 1 unspecified atom stereocenters. The molecule has 1 aromatic heterocycles. The van der Waals surface area contributed by atoms with E-state index in [1.54, 1.807) is 11.3 Å². The number of anilines is 1. The molecule has 1 heterocycles. The number of thiazole rings is 1. The number of carbonyl (C=O) groups is 1. The monoisotopic (exact) mass is 334 g/mol. The number of nitrogens with zero attached hydrogens (tertiary/aromatic N) is 1. The third-order valence-corrected chi connectivity index (χ3v) is 5.61. The third-order valence-electron chi connectivity index (χ3n) is 3.42. The number of rotatable bonds is 5. The van der Waals surface area contributed by atoms with E-state index in [4.69, 9.17) is 0 Å². The molecular formula is C17H22N2OS2. The number of nitrogens with one attached hydrogen (secondary N) is 1. The molecule has 1 atom stereocenters. The highest BCUT2D eigenvalue weighted by Gasteiger charge is 2.19. The van der Waals surface area contributed by atoms with Crippen LogP contribution in [0.2, 0.25) is 0 Å². The van der Waals surface area contributed by atoms with E-state index in [0.717, 1.165) is 21.3 Å². The largest absolute Gasteiger partial charge is 0.325 e. The van der Waals surface area contributed by atoms with E-state index in [1.807, 2.05) is 38.3 Å². The molecule has 0 aliphatic heterocycles. The molecule has 2 rings (SSSR count). The Morgan fingerprint density at radius 3 is 2.59 bits per heavy atom. The van der Waals surface area contributed by atoms with Gasteiger partial charge in [-0.15, -0.1) is 11.3 Å². The van der Waals surface area contributed by atoms with Crippen molar-refractivity contribution in [3.8, 4) is 0 Å². The van der Waals surface area contributed by atoms with Gasteiger partial charge in [0, 0.05) is 16.8 Å². The molecule has 1 aromatic carbocycles. The zero-order valence-corrected chi connectivity index (χ0v) is 15.3.